The predicted molar refractivity (Wildman–Crippen MR) is 67.1 cm³/mol. The first-order valence-corrected chi connectivity index (χ1v) is 5.82. The Hall–Kier alpha value is -1.98. The zero-order chi connectivity index (χ0) is 14.2. The number of anilines is 1. The summed E-state index contributed by atoms with van der Waals surface area (Å²) < 4.78 is 39.9. The van der Waals surface area contributed by atoms with Crippen LogP contribution >= 0.6 is 0 Å². The molecule has 0 aliphatic rings. The van der Waals surface area contributed by atoms with Gasteiger partial charge in [0, 0.05) is 0 Å². The van der Waals surface area contributed by atoms with E-state index in [9.17, 15) is 13.2 Å². The van der Waals surface area contributed by atoms with Crippen LogP contribution in [-0.2, 0) is 6.18 Å². The summed E-state index contributed by atoms with van der Waals surface area (Å²) in [6.07, 6.45) is -3.51. The fraction of sp³-hybridized carbons (Fsp3) is 0.308. The Morgan fingerprint density at radius 1 is 1.21 bits per heavy atom. The minimum absolute atomic E-state index is 0.0858. The number of aromatic nitrogens is 2. The first-order chi connectivity index (χ1) is 8.82. The molecule has 0 fully saturated rings. The lowest BCUT2D eigenvalue weighted by molar-refractivity contribution is -0.142. The topological polar surface area (TPSA) is 43.8 Å². The van der Waals surface area contributed by atoms with E-state index in [-0.39, 0.29) is 11.6 Å². The quantitative estimate of drug-likeness (QED) is 0.905. The minimum atomic E-state index is -4.54. The van der Waals surface area contributed by atoms with Gasteiger partial charge in [-0.3, -0.25) is 0 Å². The molecule has 1 aromatic carbocycles. The van der Waals surface area contributed by atoms with Crippen LogP contribution in [0.15, 0.2) is 30.5 Å². The standard InChI is InChI=1S/C13H14F3N3/c1-8(2)9-5-3-4-6-11(9)19-12(13(14,15)16)10(17)7-18-19/h3-8H,17H2,1-2H3. The molecule has 0 aliphatic carbocycles. The summed E-state index contributed by atoms with van der Waals surface area (Å²) in [6.45, 7) is 3.83. The smallest absolute Gasteiger partial charge is 0.396 e. The summed E-state index contributed by atoms with van der Waals surface area (Å²) in [7, 11) is 0. The molecule has 0 saturated carbocycles. The Morgan fingerprint density at radius 2 is 1.84 bits per heavy atom. The van der Waals surface area contributed by atoms with Crippen molar-refractivity contribution in [3.8, 4) is 5.69 Å². The highest BCUT2D eigenvalue weighted by Crippen LogP contribution is 2.36. The molecule has 0 saturated heterocycles. The van der Waals surface area contributed by atoms with E-state index in [2.05, 4.69) is 5.10 Å². The lowest BCUT2D eigenvalue weighted by Crippen LogP contribution is -2.16. The molecule has 6 heteroatoms. The summed E-state index contributed by atoms with van der Waals surface area (Å²) in [4.78, 5) is 0. The lowest BCUT2D eigenvalue weighted by atomic mass is 10.0. The molecule has 2 aromatic rings. The summed E-state index contributed by atoms with van der Waals surface area (Å²) in [5.74, 6) is 0.0858. The van der Waals surface area contributed by atoms with Crippen molar-refractivity contribution in [1.29, 1.82) is 0 Å². The third kappa shape index (κ3) is 2.43. The molecule has 19 heavy (non-hydrogen) atoms. The van der Waals surface area contributed by atoms with E-state index in [0.29, 0.717) is 5.69 Å². The monoisotopic (exact) mass is 269 g/mol. The van der Waals surface area contributed by atoms with Crippen molar-refractivity contribution in [3.63, 3.8) is 0 Å². The van der Waals surface area contributed by atoms with Crippen LogP contribution in [0.25, 0.3) is 5.69 Å². The second-order valence-corrected chi connectivity index (χ2v) is 4.57. The number of benzene rings is 1. The summed E-state index contributed by atoms with van der Waals surface area (Å²) in [6, 6.07) is 6.87. The zero-order valence-electron chi connectivity index (χ0n) is 10.6. The van der Waals surface area contributed by atoms with Gasteiger partial charge < -0.3 is 5.73 Å². The third-order valence-corrected chi connectivity index (χ3v) is 2.85. The van der Waals surface area contributed by atoms with Crippen LogP contribution in [0.2, 0.25) is 0 Å². The molecule has 0 aliphatic heterocycles. The third-order valence-electron chi connectivity index (χ3n) is 2.85. The molecule has 3 nitrogen and oxygen atoms in total. The van der Waals surface area contributed by atoms with E-state index >= 15 is 0 Å². The molecule has 2 N–H and O–H groups in total. The maximum atomic E-state index is 13.0. The van der Waals surface area contributed by atoms with E-state index in [1.807, 2.05) is 13.8 Å². The van der Waals surface area contributed by atoms with Crippen LogP contribution in [-0.4, -0.2) is 9.78 Å². The van der Waals surface area contributed by atoms with Crippen LogP contribution in [0.1, 0.15) is 31.0 Å². The molecule has 2 rings (SSSR count). The van der Waals surface area contributed by atoms with E-state index in [1.54, 1.807) is 24.3 Å². The highest BCUT2D eigenvalue weighted by atomic mass is 19.4. The molecule has 0 spiro atoms. The molecule has 102 valence electrons. The number of para-hydroxylation sites is 1. The highest BCUT2D eigenvalue weighted by molar-refractivity contribution is 5.50. The molecule has 1 heterocycles. The molecule has 0 radical (unpaired) electrons. The van der Waals surface area contributed by atoms with Gasteiger partial charge in [-0.1, -0.05) is 32.0 Å². The number of nitrogens with two attached hydrogens (primary N) is 1. The number of halogens is 3. The Morgan fingerprint density at radius 3 is 2.42 bits per heavy atom. The van der Waals surface area contributed by atoms with Gasteiger partial charge >= 0.3 is 6.18 Å². The van der Waals surface area contributed by atoms with Crippen molar-refractivity contribution in [3.05, 3.63) is 41.7 Å². The number of hydrogen-bond acceptors (Lipinski definition) is 2. The van der Waals surface area contributed by atoms with Crippen LogP contribution in [0.5, 0.6) is 0 Å². The number of nitrogen functional groups attached to an aromatic ring is 1. The maximum absolute atomic E-state index is 13.0. The largest absolute Gasteiger partial charge is 0.435 e. The normalized spacial score (nSPS) is 12.1. The van der Waals surface area contributed by atoms with E-state index < -0.39 is 11.9 Å². The fourth-order valence-electron chi connectivity index (χ4n) is 2.00. The summed E-state index contributed by atoms with van der Waals surface area (Å²) in [5.41, 5.74) is 5.28. The second-order valence-electron chi connectivity index (χ2n) is 4.57. The van der Waals surface area contributed by atoms with Crippen LogP contribution in [0.4, 0.5) is 18.9 Å². The number of rotatable bonds is 2. The fourth-order valence-corrected chi connectivity index (χ4v) is 2.00. The van der Waals surface area contributed by atoms with Gasteiger partial charge in [-0.25, -0.2) is 4.68 Å². The molecular formula is C13H14F3N3. The lowest BCUT2D eigenvalue weighted by Gasteiger charge is -2.16. The van der Waals surface area contributed by atoms with E-state index in [1.165, 1.54) is 0 Å². The molecule has 1 aromatic heterocycles. The molecule has 0 atom stereocenters. The first-order valence-electron chi connectivity index (χ1n) is 5.82. The van der Waals surface area contributed by atoms with E-state index in [4.69, 9.17) is 5.73 Å². The van der Waals surface area contributed by atoms with Gasteiger partial charge in [-0.05, 0) is 17.5 Å². The second kappa shape index (κ2) is 4.60. The predicted octanol–water partition coefficient (Wildman–Crippen LogP) is 3.60. The SMILES string of the molecule is CC(C)c1ccccc1-n1ncc(N)c1C(F)(F)F. The van der Waals surface area contributed by atoms with Gasteiger partial charge in [-0.2, -0.15) is 18.3 Å². The van der Waals surface area contributed by atoms with Gasteiger partial charge in [0.05, 0.1) is 17.6 Å². The van der Waals surface area contributed by atoms with Crippen molar-refractivity contribution in [2.75, 3.05) is 5.73 Å². The van der Waals surface area contributed by atoms with Crippen molar-refractivity contribution in [1.82, 2.24) is 9.78 Å². The van der Waals surface area contributed by atoms with Crippen LogP contribution < -0.4 is 5.73 Å². The van der Waals surface area contributed by atoms with Crippen molar-refractivity contribution >= 4 is 5.69 Å². The number of hydrogen-bond donors (Lipinski definition) is 1. The number of alkyl halides is 3. The summed E-state index contributed by atoms with van der Waals surface area (Å²) in [5, 5.41) is 3.77. The van der Waals surface area contributed by atoms with Crippen molar-refractivity contribution in [2.45, 2.75) is 25.9 Å². The molecule has 0 bridgehead atoms. The maximum Gasteiger partial charge on any atom is 0.435 e. The average Bonchev–Trinajstić information content (AvgIpc) is 2.70. The Kier molecular flexibility index (Phi) is 3.26. The van der Waals surface area contributed by atoms with Gasteiger partial charge in [0.15, 0.2) is 5.69 Å². The summed E-state index contributed by atoms with van der Waals surface area (Å²) >= 11 is 0. The van der Waals surface area contributed by atoms with Crippen LogP contribution in [0.3, 0.4) is 0 Å². The van der Waals surface area contributed by atoms with Gasteiger partial charge in [0.25, 0.3) is 0 Å². The highest BCUT2D eigenvalue weighted by Gasteiger charge is 2.38. The van der Waals surface area contributed by atoms with Crippen molar-refractivity contribution < 1.29 is 13.2 Å². The first kappa shape index (κ1) is 13.5. The number of nitrogens with zero attached hydrogens (tertiary/aromatic N) is 2. The Bertz CT molecular complexity index is 585. The van der Waals surface area contributed by atoms with Gasteiger partial charge in [0.2, 0.25) is 0 Å². The minimum Gasteiger partial charge on any atom is -0.396 e. The molecule has 0 amide bonds. The molecular weight excluding hydrogens is 255 g/mol. The zero-order valence-corrected chi connectivity index (χ0v) is 10.6. The molecule has 0 unspecified atom stereocenters. The Labute approximate surface area is 108 Å². The van der Waals surface area contributed by atoms with Gasteiger partial charge in [-0.15, -0.1) is 0 Å². The van der Waals surface area contributed by atoms with Gasteiger partial charge in [0.1, 0.15) is 0 Å². The Balaban J connectivity index is 2.67. The average molecular weight is 269 g/mol. The van der Waals surface area contributed by atoms with Crippen LogP contribution in [0, 0.1) is 0 Å². The van der Waals surface area contributed by atoms with Crippen molar-refractivity contribution in [2.24, 2.45) is 0 Å². The van der Waals surface area contributed by atoms with E-state index in [0.717, 1.165) is 16.4 Å².